The fourth-order valence-electron chi connectivity index (χ4n) is 4.19. The lowest BCUT2D eigenvalue weighted by molar-refractivity contribution is -0.122. The molecule has 5 heteroatoms. The molecule has 0 spiro atoms. The topological polar surface area (TPSA) is 52.7 Å². The minimum absolute atomic E-state index is 0.0154. The van der Waals surface area contributed by atoms with E-state index in [-0.39, 0.29) is 24.2 Å². The van der Waals surface area contributed by atoms with E-state index in [0.29, 0.717) is 6.54 Å². The number of hydrogen-bond donors (Lipinski definition) is 1. The molecule has 0 radical (unpaired) electrons. The quantitative estimate of drug-likeness (QED) is 0.879. The zero-order valence-electron chi connectivity index (χ0n) is 16.6. The predicted molar refractivity (Wildman–Crippen MR) is 113 cm³/mol. The van der Waals surface area contributed by atoms with Crippen molar-refractivity contribution in [2.24, 2.45) is 5.92 Å². The Balaban J connectivity index is 1.50. The minimum atomic E-state index is -0.334. The Labute approximate surface area is 166 Å². The van der Waals surface area contributed by atoms with E-state index in [2.05, 4.69) is 16.3 Å². The normalized spacial score (nSPS) is 19.4. The highest BCUT2D eigenvalue weighted by atomic mass is 16.2. The van der Waals surface area contributed by atoms with Crippen molar-refractivity contribution in [1.82, 2.24) is 0 Å². The van der Waals surface area contributed by atoms with Gasteiger partial charge < -0.3 is 15.1 Å². The number of amides is 2. The van der Waals surface area contributed by atoms with Crippen LogP contribution in [0.15, 0.2) is 42.5 Å². The van der Waals surface area contributed by atoms with E-state index in [9.17, 15) is 9.59 Å². The Kier molecular flexibility index (Phi) is 5.07. The van der Waals surface area contributed by atoms with Gasteiger partial charge in [-0.25, -0.2) is 0 Å². The summed E-state index contributed by atoms with van der Waals surface area (Å²) in [5, 5.41) is 3.09. The second kappa shape index (κ2) is 7.66. The molecular formula is C23H27N3O2. The number of para-hydroxylation sites is 2. The number of hydrogen-bond acceptors (Lipinski definition) is 3. The van der Waals surface area contributed by atoms with Crippen LogP contribution in [0.3, 0.4) is 0 Å². The summed E-state index contributed by atoms with van der Waals surface area (Å²) in [6.07, 6.45) is 2.62. The average molecular weight is 377 g/mol. The Morgan fingerprint density at radius 1 is 1.00 bits per heavy atom. The number of anilines is 3. The molecule has 4 rings (SSSR count). The highest BCUT2D eigenvalue weighted by Gasteiger charge is 2.36. The molecule has 146 valence electrons. The van der Waals surface area contributed by atoms with Gasteiger partial charge in [0.05, 0.1) is 17.3 Å². The molecule has 2 saturated heterocycles. The lowest BCUT2D eigenvalue weighted by Gasteiger charge is -2.22. The molecule has 2 aromatic carbocycles. The van der Waals surface area contributed by atoms with Gasteiger partial charge in [0, 0.05) is 31.7 Å². The predicted octanol–water partition coefficient (Wildman–Crippen LogP) is 3.90. The van der Waals surface area contributed by atoms with Gasteiger partial charge in [0.1, 0.15) is 0 Å². The van der Waals surface area contributed by atoms with E-state index in [1.807, 2.05) is 50.2 Å². The van der Waals surface area contributed by atoms with Crippen LogP contribution in [0, 0.1) is 19.8 Å². The van der Waals surface area contributed by atoms with Crippen molar-refractivity contribution in [3.8, 4) is 0 Å². The van der Waals surface area contributed by atoms with Gasteiger partial charge in [-0.05, 0) is 56.0 Å². The van der Waals surface area contributed by atoms with Crippen LogP contribution in [-0.2, 0) is 9.59 Å². The molecule has 2 aliphatic heterocycles. The molecule has 1 N–H and O–H groups in total. The number of carbonyl (C=O) groups excluding carboxylic acids is 2. The highest BCUT2D eigenvalue weighted by Crippen LogP contribution is 2.32. The SMILES string of the molecule is Cc1cccc(N2C[C@@H](C(=O)Nc3ccccc3N3CCCC3)CC2=O)c1C. The summed E-state index contributed by atoms with van der Waals surface area (Å²) in [7, 11) is 0. The Hall–Kier alpha value is -2.82. The molecule has 2 aromatic rings. The Morgan fingerprint density at radius 3 is 2.50 bits per heavy atom. The summed E-state index contributed by atoms with van der Waals surface area (Å²) in [4.78, 5) is 29.6. The molecule has 2 heterocycles. The summed E-state index contributed by atoms with van der Waals surface area (Å²) in [5.41, 5.74) is 5.07. The fraction of sp³-hybridized carbons (Fsp3) is 0.391. The molecule has 0 bridgehead atoms. The number of rotatable bonds is 4. The van der Waals surface area contributed by atoms with E-state index in [0.717, 1.165) is 41.3 Å². The number of aryl methyl sites for hydroxylation is 1. The van der Waals surface area contributed by atoms with Gasteiger partial charge >= 0.3 is 0 Å². The van der Waals surface area contributed by atoms with E-state index in [4.69, 9.17) is 0 Å². The summed E-state index contributed by atoms with van der Waals surface area (Å²) < 4.78 is 0. The van der Waals surface area contributed by atoms with Gasteiger partial charge in [-0.15, -0.1) is 0 Å². The molecule has 5 nitrogen and oxygen atoms in total. The Bertz CT molecular complexity index is 902. The van der Waals surface area contributed by atoms with Crippen LogP contribution in [-0.4, -0.2) is 31.4 Å². The monoisotopic (exact) mass is 377 g/mol. The minimum Gasteiger partial charge on any atom is -0.370 e. The third-order valence-corrected chi connectivity index (χ3v) is 5.97. The van der Waals surface area contributed by atoms with Crippen molar-refractivity contribution in [3.05, 3.63) is 53.6 Å². The molecule has 0 unspecified atom stereocenters. The number of benzene rings is 2. The second-order valence-electron chi connectivity index (χ2n) is 7.82. The van der Waals surface area contributed by atoms with E-state index < -0.39 is 0 Å². The molecule has 2 aliphatic rings. The van der Waals surface area contributed by atoms with Crippen LogP contribution in [0.2, 0.25) is 0 Å². The van der Waals surface area contributed by atoms with Crippen LogP contribution >= 0.6 is 0 Å². The largest absolute Gasteiger partial charge is 0.370 e. The zero-order chi connectivity index (χ0) is 19.7. The number of nitrogens with zero attached hydrogens (tertiary/aromatic N) is 2. The lowest BCUT2D eigenvalue weighted by atomic mass is 10.1. The van der Waals surface area contributed by atoms with Crippen molar-refractivity contribution >= 4 is 28.9 Å². The summed E-state index contributed by atoms with van der Waals surface area (Å²) in [5.74, 6) is -0.395. The van der Waals surface area contributed by atoms with Gasteiger partial charge in [0.2, 0.25) is 11.8 Å². The molecule has 2 fully saturated rings. The number of carbonyl (C=O) groups is 2. The molecular weight excluding hydrogens is 350 g/mol. The molecule has 28 heavy (non-hydrogen) atoms. The number of nitrogens with one attached hydrogen (secondary N) is 1. The highest BCUT2D eigenvalue weighted by molar-refractivity contribution is 6.04. The molecule has 1 atom stereocenters. The Morgan fingerprint density at radius 2 is 1.71 bits per heavy atom. The van der Waals surface area contributed by atoms with Crippen molar-refractivity contribution in [2.75, 3.05) is 34.8 Å². The van der Waals surface area contributed by atoms with Crippen molar-refractivity contribution < 1.29 is 9.59 Å². The standard InChI is InChI=1S/C23H27N3O2/c1-16-8-7-11-20(17(16)2)26-15-18(14-22(26)27)23(28)24-19-9-3-4-10-21(19)25-12-5-6-13-25/h3-4,7-11,18H,5-6,12-15H2,1-2H3,(H,24,28)/t18-/m0/s1. The van der Waals surface area contributed by atoms with Crippen LogP contribution in [0.1, 0.15) is 30.4 Å². The van der Waals surface area contributed by atoms with E-state index in [1.165, 1.54) is 12.8 Å². The van der Waals surface area contributed by atoms with Crippen LogP contribution < -0.4 is 15.1 Å². The maximum Gasteiger partial charge on any atom is 0.229 e. The molecule has 0 saturated carbocycles. The van der Waals surface area contributed by atoms with Gasteiger partial charge in [0.15, 0.2) is 0 Å². The van der Waals surface area contributed by atoms with Crippen LogP contribution in [0.4, 0.5) is 17.1 Å². The molecule has 2 amide bonds. The van der Waals surface area contributed by atoms with Crippen molar-refractivity contribution in [2.45, 2.75) is 33.1 Å². The first-order valence-electron chi connectivity index (χ1n) is 10.1. The van der Waals surface area contributed by atoms with Crippen molar-refractivity contribution in [1.29, 1.82) is 0 Å². The third-order valence-electron chi connectivity index (χ3n) is 5.97. The second-order valence-corrected chi connectivity index (χ2v) is 7.82. The first-order valence-corrected chi connectivity index (χ1v) is 10.1. The van der Waals surface area contributed by atoms with Gasteiger partial charge in [-0.3, -0.25) is 9.59 Å². The fourth-order valence-corrected chi connectivity index (χ4v) is 4.19. The maximum absolute atomic E-state index is 12.9. The van der Waals surface area contributed by atoms with Gasteiger partial charge in [-0.2, -0.15) is 0 Å². The lowest BCUT2D eigenvalue weighted by Crippen LogP contribution is -2.29. The first kappa shape index (κ1) is 18.5. The summed E-state index contributed by atoms with van der Waals surface area (Å²) >= 11 is 0. The van der Waals surface area contributed by atoms with E-state index >= 15 is 0 Å². The molecule has 0 aliphatic carbocycles. The smallest absolute Gasteiger partial charge is 0.229 e. The van der Waals surface area contributed by atoms with Crippen molar-refractivity contribution in [3.63, 3.8) is 0 Å². The first-order chi connectivity index (χ1) is 13.5. The third kappa shape index (κ3) is 3.49. The summed E-state index contributed by atoms with van der Waals surface area (Å²) in [6.45, 7) is 6.54. The summed E-state index contributed by atoms with van der Waals surface area (Å²) in [6, 6.07) is 13.9. The van der Waals surface area contributed by atoms with Gasteiger partial charge in [0.25, 0.3) is 0 Å². The van der Waals surface area contributed by atoms with E-state index in [1.54, 1.807) is 4.90 Å². The van der Waals surface area contributed by atoms with Crippen LogP contribution in [0.5, 0.6) is 0 Å². The van der Waals surface area contributed by atoms with Gasteiger partial charge in [-0.1, -0.05) is 24.3 Å². The zero-order valence-corrected chi connectivity index (χ0v) is 16.6. The van der Waals surface area contributed by atoms with Crippen LogP contribution in [0.25, 0.3) is 0 Å². The average Bonchev–Trinajstić information content (AvgIpc) is 3.34. The molecule has 0 aromatic heterocycles. The maximum atomic E-state index is 12.9.